The van der Waals surface area contributed by atoms with Crippen molar-refractivity contribution < 1.29 is 18.0 Å². The minimum absolute atomic E-state index is 0.0644. The molecule has 3 rings (SSSR count). The van der Waals surface area contributed by atoms with Gasteiger partial charge in [0.05, 0.1) is 12.1 Å². The lowest BCUT2D eigenvalue weighted by molar-refractivity contribution is -0.137. The van der Waals surface area contributed by atoms with Gasteiger partial charge in [-0.3, -0.25) is 9.59 Å². The normalized spacial score (nSPS) is 11.2. The van der Waals surface area contributed by atoms with Crippen LogP contribution in [0.1, 0.15) is 27.0 Å². The highest BCUT2D eigenvalue weighted by Gasteiger charge is 2.30. The number of nitrogens with one attached hydrogen (secondary N) is 1. The fourth-order valence-electron chi connectivity index (χ4n) is 2.75. The van der Waals surface area contributed by atoms with Crippen LogP contribution in [0.3, 0.4) is 0 Å². The molecule has 0 aliphatic carbocycles. The molecule has 1 amide bonds. The van der Waals surface area contributed by atoms with E-state index in [9.17, 15) is 22.8 Å². The van der Waals surface area contributed by atoms with Gasteiger partial charge in [0.1, 0.15) is 5.56 Å². The Bertz CT molecular complexity index is 1030. The quantitative estimate of drug-likeness (QED) is 0.724. The van der Waals surface area contributed by atoms with Crippen molar-refractivity contribution in [3.05, 3.63) is 106 Å². The third-order valence-electron chi connectivity index (χ3n) is 4.17. The van der Waals surface area contributed by atoms with Gasteiger partial charge in [0.2, 0.25) is 0 Å². The molecule has 1 N–H and O–H groups in total. The number of amides is 1. The first-order chi connectivity index (χ1) is 13.3. The lowest BCUT2D eigenvalue weighted by Crippen LogP contribution is -2.32. The number of carbonyl (C=O) groups is 1. The fourth-order valence-corrected chi connectivity index (χ4v) is 2.75. The molecule has 144 valence electrons. The van der Waals surface area contributed by atoms with Crippen LogP contribution in [0.2, 0.25) is 0 Å². The second-order valence-corrected chi connectivity index (χ2v) is 6.22. The largest absolute Gasteiger partial charge is 0.416 e. The predicted molar refractivity (Wildman–Crippen MR) is 98.9 cm³/mol. The maximum atomic E-state index is 12.8. The summed E-state index contributed by atoms with van der Waals surface area (Å²) in [5, 5.41) is 2.51. The molecule has 28 heavy (non-hydrogen) atoms. The first-order valence-corrected chi connectivity index (χ1v) is 8.52. The summed E-state index contributed by atoms with van der Waals surface area (Å²) in [6.45, 7) is 0.199. The fraction of sp³-hybridized carbons (Fsp3) is 0.143. The average molecular weight is 386 g/mol. The van der Waals surface area contributed by atoms with E-state index in [1.54, 1.807) is 12.3 Å². The van der Waals surface area contributed by atoms with Crippen LogP contribution in [0.15, 0.2) is 77.7 Å². The number of benzene rings is 2. The van der Waals surface area contributed by atoms with Crippen molar-refractivity contribution in [2.24, 2.45) is 0 Å². The van der Waals surface area contributed by atoms with Gasteiger partial charge < -0.3 is 9.88 Å². The van der Waals surface area contributed by atoms with Crippen molar-refractivity contribution in [2.75, 3.05) is 0 Å². The third kappa shape index (κ3) is 4.68. The van der Waals surface area contributed by atoms with Gasteiger partial charge in [-0.25, -0.2) is 0 Å². The number of halogens is 3. The maximum absolute atomic E-state index is 12.8. The van der Waals surface area contributed by atoms with Crippen molar-refractivity contribution in [3.63, 3.8) is 0 Å². The standard InChI is InChI=1S/C21H17F3N2O2/c22-21(23,24)17-9-4-8-16(12-17)13-25-19(27)18-10-5-11-26(20(18)28)14-15-6-2-1-3-7-15/h1-12H,13-14H2,(H,25,27). The molecule has 3 aromatic rings. The van der Waals surface area contributed by atoms with Gasteiger partial charge in [0.15, 0.2) is 0 Å². The van der Waals surface area contributed by atoms with Gasteiger partial charge in [-0.05, 0) is 35.4 Å². The Morgan fingerprint density at radius 2 is 1.64 bits per heavy atom. The molecule has 0 saturated carbocycles. The van der Waals surface area contributed by atoms with Crippen molar-refractivity contribution in [1.82, 2.24) is 9.88 Å². The lowest BCUT2D eigenvalue weighted by Gasteiger charge is -2.11. The minimum atomic E-state index is -4.45. The molecule has 0 saturated heterocycles. The van der Waals surface area contributed by atoms with Gasteiger partial charge in [0.25, 0.3) is 11.5 Å². The Morgan fingerprint density at radius 1 is 0.929 bits per heavy atom. The molecule has 0 aliphatic rings. The van der Waals surface area contributed by atoms with Crippen LogP contribution in [0.5, 0.6) is 0 Å². The van der Waals surface area contributed by atoms with E-state index < -0.39 is 23.2 Å². The molecular formula is C21H17F3N2O2. The molecule has 0 radical (unpaired) electrons. The number of rotatable bonds is 5. The molecule has 1 aromatic heterocycles. The minimum Gasteiger partial charge on any atom is -0.348 e. The van der Waals surface area contributed by atoms with E-state index in [2.05, 4.69) is 5.32 Å². The van der Waals surface area contributed by atoms with Gasteiger partial charge in [0, 0.05) is 12.7 Å². The zero-order valence-electron chi connectivity index (χ0n) is 14.7. The van der Waals surface area contributed by atoms with E-state index in [1.165, 1.54) is 22.8 Å². The van der Waals surface area contributed by atoms with E-state index in [4.69, 9.17) is 0 Å². The van der Waals surface area contributed by atoms with Crippen molar-refractivity contribution >= 4 is 5.91 Å². The highest BCUT2D eigenvalue weighted by atomic mass is 19.4. The van der Waals surface area contributed by atoms with Crippen LogP contribution in [0, 0.1) is 0 Å². The van der Waals surface area contributed by atoms with Crippen molar-refractivity contribution in [3.8, 4) is 0 Å². The maximum Gasteiger partial charge on any atom is 0.416 e. The SMILES string of the molecule is O=C(NCc1cccc(C(F)(F)F)c1)c1cccn(Cc2ccccc2)c1=O. The van der Waals surface area contributed by atoms with E-state index >= 15 is 0 Å². The Kier molecular flexibility index (Phi) is 5.63. The number of nitrogens with zero attached hydrogens (tertiary/aromatic N) is 1. The summed E-state index contributed by atoms with van der Waals surface area (Å²) >= 11 is 0. The number of carbonyl (C=O) groups excluding carboxylic acids is 1. The zero-order valence-corrected chi connectivity index (χ0v) is 14.7. The number of pyridine rings is 1. The number of aromatic nitrogens is 1. The van der Waals surface area contributed by atoms with Crippen molar-refractivity contribution in [2.45, 2.75) is 19.3 Å². The van der Waals surface area contributed by atoms with Crippen LogP contribution in [0.4, 0.5) is 13.2 Å². The highest BCUT2D eigenvalue weighted by molar-refractivity contribution is 5.93. The van der Waals surface area contributed by atoms with Gasteiger partial charge >= 0.3 is 6.18 Å². The lowest BCUT2D eigenvalue weighted by atomic mass is 10.1. The molecule has 0 aliphatic heterocycles. The summed E-state index contributed by atoms with van der Waals surface area (Å²) in [6.07, 6.45) is -2.87. The topological polar surface area (TPSA) is 51.1 Å². The van der Waals surface area contributed by atoms with Crippen LogP contribution < -0.4 is 10.9 Å². The molecule has 7 heteroatoms. The van der Waals surface area contributed by atoms with E-state index in [0.29, 0.717) is 12.1 Å². The Labute approximate surface area is 159 Å². The monoisotopic (exact) mass is 386 g/mol. The van der Waals surface area contributed by atoms with Gasteiger partial charge in [-0.2, -0.15) is 13.2 Å². The first kappa shape index (κ1) is 19.4. The van der Waals surface area contributed by atoms with Gasteiger partial charge in [-0.15, -0.1) is 0 Å². The number of hydrogen-bond donors (Lipinski definition) is 1. The van der Waals surface area contributed by atoms with E-state index in [-0.39, 0.29) is 12.1 Å². The predicted octanol–water partition coefficient (Wildman–Crippen LogP) is 3.85. The molecule has 0 bridgehead atoms. The number of hydrogen-bond acceptors (Lipinski definition) is 2. The van der Waals surface area contributed by atoms with Crippen LogP contribution in [-0.4, -0.2) is 10.5 Å². The molecule has 2 aromatic carbocycles. The number of alkyl halides is 3. The van der Waals surface area contributed by atoms with E-state index in [0.717, 1.165) is 17.7 Å². The average Bonchev–Trinajstić information content (AvgIpc) is 2.68. The molecule has 0 fully saturated rings. The summed E-state index contributed by atoms with van der Waals surface area (Å²) in [4.78, 5) is 24.9. The molecule has 0 unspecified atom stereocenters. The summed E-state index contributed by atoms with van der Waals surface area (Å²) < 4.78 is 39.7. The van der Waals surface area contributed by atoms with Crippen LogP contribution in [0.25, 0.3) is 0 Å². The van der Waals surface area contributed by atoms with Crippen molar-refractivity contribution in [1.29, 1.82) is 0 Å². The van der Waals surface area contributed by atoms with Gasteiger partial charge in [-0.1, -0.05) is 42.5 Å². The Hall–Kier alpha value is -3.35. The Balaban J connectivity index is 1.73. The second-order valence-electron chi connectivity index (χ2n) is 6.22. The summed E-state index contributed by atoms with van der Waals surface area (Å²) in [6, 6.07) is 17.0. The molecule has 0 atom stereocenters. The summed E-state index contributed by atoms with van der Waals surface area (Å²) in [5.41, 5.74) is -0.114. The summed E-state index contributed by atoms with van der Waals surface area (Å²) in [7, 11) is 0. The second kappa shape index (κ2) is 8.12. The van der Waals surface area contributed by atoms with E-state index in [1.807, 2.05) is 30.3 Å². The smallest absolute Gasteiger partial charge is 0.348 e. The van der Waals surface area contributed by atoms with Crippen LogP contribution >= 0.6 is 0 Å². The third-order valence-corrected chi connectivity index (χ3v) is 4.17. The molecule has 1 heterocycles. The highest BCUT2D eigenvalue weighted by Crippen LogP contribution is 2.29. The first-order valence-electron chi connectivity index (χ1n) is 8.52. The van der Waals surface area contributed by atoms with Crippen LogP contribution in [-0.2, 0) is 19.3 Å². The Morgan fingerprint density at radius 3 is 2.36 bits per heavy atom. The molecule has 0 spiro atoms. The molecule has 4 nitrogen and oxygen atoms in total. The zero-order chi connectivity index (χ0) is 20.1. The summed E-state index contributed by atoms with van der Waals surface area (Å²) in [5.74, 6) is -0.634. The molecular weight excluding hydrogens is 369 g/mol.